The number of sulfonamides is 1. The molecule has 0 spiro atoms. The van der Waals surface area contributed by atoms with Gasteiger partial charge in [-0.1, -0.05) is 6.08 Å². The molecule has 5 nitrogen and oxygen atoms in total. The van der Waals surface area contributed by atoms with Crippen LogP contribution in [0.4, 0.5) is 0 Å². The zero-order valence-corrected chi connectivity index (χ0v) is 12.0. The Morgan fingerprint density at radius 2 is 2.16 bits per heavy atom. The fourth-order valence-electron chi connectivity index (χ4n) is 1.60. The van der Waals surface area contributed by atoms with E-state index >= 15 is 0 Å². The van der Waals surface area contributed by atoms with E-state index in [4.69, 9.17) is 4.74 Å². The summed E-state index contributed by atoms with van der Waals surface area (Å²) in [4.78, 5) is 0.129. The summed E-state index contributed by atoms with van der Waals surface area (Å²) in [6.45, 7) is 5.74. The molecule has 0 aromatic heterocycles. The number of hydrogen-bond acceptors (Lipinski definition) is 4. The maximum atomic E-state index is 12.2. The number of ether oxygens (including phenoxy) is 1. The monoisotopic (exact) mass is 285 g/mol. The molecule has 0 amide bonds. The largest absolute Gasteiger partial charge is 0.494 e. The number of likely N-dealkylation sites (N-methyl/N-ethyl adjacent to an activating group) is 1. The third-order valence-electron chi connectivity index (χ3n) is 2.60. The Morgan fingerprint density at radius 3 is 2.68 bits per heavy atom. The molecule has 6 heteroatoms. The second kappa shape index (κ2) is 6.70. The summed E-state index contributed by atoms with van der Waals surface area (Å²) in [6, 6.07) is 4.46. The summed E-state index contributed by atoms with van der Waals surface area (Å²) in [5.74, 6) is 0.496. The molecule has 0 saturated carbocycles. The molecular weight excluding hydrogens is 266 g/mol. The molecule has 0 aliphatic carbocycles. The third kappa shape index (κ3) is 3.56. The molecule has 0 heterocycles. The molecule has 0 saturated heterocycles. The van der Waals surface area contributed by atoms with Gasteiger partial charge in [-0.25, -0.2) is 8.42 Å². The molecule has 0 atom stereocenters. The van der Waals surface area contributed by atoms with Crippen LogP contribution in [0.15, 0.2) is 35.7 Å². The Hall–Kier alpha value is -1.37. The number of aliphatic hydroxyl groups is 1. The molecule has 106 valence electrons. The molecule has 0 aliphatic rings. The maximum absolute atomic E-state index is 12.2. The minimum Gasteiger partial charge on any atom is -0.494 e. The van der Waals surface area contributed by atoms with Gasteiger partial charge in [0.2, 0.25) is 10.0 Å². The summed E-state index contributed by atoms with van der Waals surface area (Å²) in [5.41, 5.74) is 0.454. The van der Waals surface area contributed by atoms with Crippen molar-refractivity contribution < 1.29 is 18.3 Å². The number of hydrogen-bond donors (Lipinski definition) is 1. The van der Waals surface area contributed by atoms with E-state index in [9.17, 15) is 13.5 Å². The first-order valence-electron chi connectivity index (χ1n) is 5.91. The van der Waals surface area contributed by atoms with Gasteiger partial charge >= 0.3 is 0 Å². The average Bonchev–Trinajstić information content (AvgIpc) is 2.39. The topological polar surface area (TPSA) is 66.8 Å². The van der Waals surface area contributed by atoms with Crippen molar-refractivity contribution in [2.24, 2.45) is 0 Å². The molecule has 1 rings (SSSR count). The van der Waals surface area contributed by atoms with Gasteiger partial charge in [-0.2, -0.15) is 4.31 Å². The van der Waals surface area contributed by atoms with Gasteiger partial charge < -0.3 is 9.84 Å². The van der Waals surface area contributed by atoms with Gasteiger partial charge in [0, 0.05) is 19.2 Å². The highest BCUT2D eigenvalue weighted by Crippen LogP contribution is 2.24. The van der Waals surface area contributed by atoms with Crippen molar-refractivity contribution in [3.8, 4) is 5.75 Å². The number of benzene rings is 1. The van der Waals surface area contributed by atoms with Crippen molar-refractivity contribution in [2.75, 3.05) is 20.2 Å². The lowest BCUT2D eigenvalue weighted by molar-refractivity contribution is 0.266. The Labute approximate surface area is 114 Å². The van der Waals surface area contributed by atoms with Crippen LogP contribution in [0.2, 0.25) is 0 Å². The van der Waals surface area contributed by atoms with E-state index in [0.29, 0.717) is 17.9 Å². The zero-order valence-electron chi connectivity index (χ0n) is 11.2. The molecule has 19 heavy (non-hydrogen) atoms. The van der Waals surface area contributed by atoms with Gasteiger partial charge in [0.05, 0.1) is 18.1 Å². The average molecular weight is 285 g/mol. The first kappa shape index (κ1) is 15.7. The summed E-state index contributed by atoms with van der Waals surface area (Å²) >= 11 is 0. The zero-order chi connectivity index (χ0) is 14.5. The lowest BCUT2D eigenvalue weighted by atomic mass is 10.2. The van der Waals surface area contributed by atoms with E-state index in [1.165, 1.54) is 29.6 Å². The molecular formula is C13H19NO4S. The van der Waals surface area contributed by atoms with Gasteiger partial charge in [0.1, 0.15) is 5.75 Å². The van der Waals surface area contributed by atoms with Crippen LogP contribution in [0.1, 0.15) is 12.5 Å². The minimum atomic E-state index is -3.57. The van der Waals surface area contributed by atoms with Crippen molar-refractivity contribution in [3.63, 3.8) is 0 Å². The second-order valence-corrected chi connectivity index (χ2v) is 5.98. The van der Waals surface area contributed by atoms with E-state index < -0.39 is 10.0 Å². The highest BCUT2D eigenvalue weighted by molar-refractivity contribution is 7.89. The van der Waals surface area contributed by atoms with Crippen molar-refractivity contribution >= 4 is 10.0 Å². The second-order valence-electron chi connectivity index (χ2n) is 3.93. The third-order valence-corrected chi connectivity index (χ3v) is 4.42. The molecule has 0 fully saturated rings. The van der Waals surface area contributed by atoms with Crippen molar-refractivity contribution in [2.45, 2.75) is 18.4 Å². The molecule has 1 aromatic rings. The maximum Gasteiger partial charge on any atom is 0.243 e. The van der Waals surface area contributed by atoms with Gasteiger partial charge in [-0.05, 0) is 25.1 Å². The van der Waals surface area contributed by atoms with Gasteiger partial charge in [0.25, 0.3) is 0 Å². The fourth-order valence-corrected chi connectivity index (χ4v) is 2.79. The number of aliphatic hydroxyl groups excluding tert-OH is 1. The Balaban J connectivity index is 3.18. The van der Waals surface area contributed by atoms with Crippen LogP contribution in [0, 0.1) is 0 Å². The van der Waals surface area contributed by atoms with Crippen LogP contribution in [-0.4, -0.2) is 38.0 Å². The smallest absolute Gasteiger partial charge is 0.243 e. The van der Waals surface area contributed by atoms with E-state index in [2.05, 4.69) is 6.58 Å². The molecule has 0 aliphatic heterocycles. The highest BCUT2D eigenvalue weighted by atomic mass is 32.2. The quantitative estimate of drug-likeness (QED) is 0.769. The lowest BCUT2D eigenvalue weighted by Crippen LogP contribution is -2.27. The summed E-state index contributed by atoms with van der Waals surface area (Å²) in [5, 5.41) is 9.27. The van der Waals surface area contributed by atoms with Crippen molar-refractivity contribution in [1.29, 1.82) is 0 Å². The standard InChI is InChI=1S/C13H19NO4S/c1-4-8-14(3)19(16,17)12-6-7-13(18-5-2)11(9-12)10-15/h4,6-7,9,15H,1,5,8,10H2,2-3H3. The molecule has 0 bridgehead atoms. The van der Waals surface area contributed by atoms with E-state index in [0.717, 1.165) is 0 Å². The van der Waals surface area contributed by atoms with Crippen LogP contribution in [0.25, 0.3) is 0 Å². The van der Waals surface area contributed by atoms with Crippen LogP contribution >= 0.6 is 0 Å². The summed E-state index contributed by atoms with van der Waals surface area (Å²) in [7, 11) is -2.09. The van der Waals surface area contributed by atoms with Crippen LogP contribution < -0.4 is 4.74 Å². The SMILES string of the molecule is C=CCN(C)S(=O)(=O)c1ccc(OCC)c(CO)c1. The first-order chi connectivity index (χ1) is 8.97. The summed E-state index contributed by atoms with van der Waals surface area (Å²) < 4.78 is 30.9. The molecule has 0 radical (unpaired) electrons. The van der Waals surface area contributed by atoms with Crippen LogP contribution in [-0.2, 0) is 16.6 Å². The first-order valence-corrected chi connectivity index (χ1v) is 7.35. The Morgan fingerprint density at radius 1 is 1.47 bits per heavy atom. The van der Waals surface area contributed by atoms with Crippen LogP contribution in [0.5, 0.6) is 5.75 Å². The fraction of sp³-hybridized carbons (Fsp3) is 0.385. The number of rotatable bonds is 7. The van der Waals surface area contributed by atoms with E-state index in [1.54, 1.807) is 6.07 Å². The van der Waals surface area contributed by atoms with Crippen molar-refractivity contribution in [3.05, 3.63) is 36.4 Å². The van der Waals surface area contributed by atoms with Gasteiger partial charge in [-0.3, -0.25) is 0 Å². The Bertz CT molecular complexity index is 540. The summed E-state index contributed by atoms with van der Waals surface area (Å²) in [6.07, 6.45) is 1.51. The van der Waals surface area contributed by atoms with E-state index in [1.807, 2.05) is 6.92 Å². The predicted octanol–water partition coefficient (Wildman–Crippen LogP) is 1.38. The molecule has 1 aromatic carbocycles. The molecule has 1 N–H and O–H groups in total. The number of nitrogens with zero attached hydrogens (tertiary/aromatic N) is 1. The Kier molecular flexibility index (Phi) is 5.53. The highest BCUT2D eigenvalue weighted by Gasteiger charge is 2.21. The lowest BCUT2D eigenvalue weighted by Gasteiger charge is -2.16. The van der Waals surface area contributed by atoms with Crippen molar-refractivity contribution in [1.82, 2.24) is 4.31 Å². The molecule has 0 unspecified atom stereocenters. The minimum absolute atomic E-state index is 0.129. The van der Waals surface area contributed by atoms with E-state index in [-0.39, 0.29) is 18.0 Å². The van der Waals surface area contributed by atoms with Gasteiger partial charge in [-0.15, -0.1) is 6.58 Å². The normalized spacial score (nSPS) is 11.6. The van der Waals surface area contributed by atoms with Crippen LogP contribution in [0.3, 0.4) is 0 Å². The predicted molar refractivity (Wildman–Crippen MR) is 73.5 cm³/mol. The van der Waals surface area contributed by atoms with Gasteiger partial charge in [0.15, 0.2) is 0 Å².